The fourth-order valence-electron chi connectivity index (χ4n) is 2.30. The standard InChI is InChI=1S/C17H19ClN4O2S/c1-11(10-23-2)24-14-6-5-12(18)8-13(14)19-9-16-20-17(22-21-16)15-4-3-7-25-15/h3-8,11,19H,9-10H2,1-2H3,(H,20,21,22). The summed E-state index contributed by atoms with van der Waals surface area (Å²) < 4.78 is 11.0. The average molecular weight is 379 g/mol. The minimum absolute atomic E-state index is 0.0672. The van der Waals surface area contributed by atoms with Crippen LogP contribution in [0.25, 0.3) is 10.7 Å². The van der Waals surface area contributed by atoms with Crippen LogP contribution < -0.4 is 10.1 Å². The van der Waals surface area contributed by atoms with E-state index in [9.17, 15) is 0 Å². The molecule has 3 aromatic rings. The number of benzene rings is 1. The van der Waals surface area contributed by atoms with Crippen LogP contribution in [-0.2, 0) is 11.3 Å². The monoisotopic (exact) mass is 378 g/mol. The molecule has 0 aliphatic rings. The van der Waals surface area contributed by atoms with Gasteiger partial charge in [-0.1, -0.05) is 17.7 Å². The SMILES string of the molecule is COCC(C)Oc1ccc(Cl)cc1NCc1nc(-c2cccs2)n[nH]1. The number of methoxy groups -OCH3 is 1. The molecule has 0 amide bonds. The molecule has 0 radical (unpaired) electrons. The summed E-state index contributed by atoms with van der Waals surface area (Å²) >= 11 is 7.72. The Morgan fingerprint density at radius 1 is 1.36 bits per heavy atom. The summed E-state index contributed by atoms with van der Waals surface area (Å²) in [6, 6.07) is 9.43. The van der Waals surface area contributed by atoms with Crippen molar-refractivity contribution in [2.75, 3.05) is 19.0 Å². The molecular weight excluding hydrogens is 360 g/mol. The van der Waals surface area contributed by atoms with Crippen LogP contribution in [0, 0.1) is 0 Å². The summed E-state index contributed by atoms with van der Waals surface area (Å²) in [5.74, 6) is 2.15. The maximum Gasteiger partial charge on any atom is 0.191 e. The number of nitrogens with zero attached hydrogens (tertiary/aromatic N) is 2. The molecule has 0 bridgehead atoms. The number of rotatable bonds is 8. The average Bonchev–Trinajstić information content (AvgIpc) is 3.26. The molecule has 8 heteroatoms. The van der Waals surface area contributed by atoms with E-state index < -0.39 is 0 Å². The van der Waals surface area contributed by atoms with E-state index in [0.717, 1.165) is 16.4 Å². The third-order valence-corrected chi connectivity index (χ3v) is 4.49. The van der Waals surface area contributed by atoms with Crippen molar-refractivity contribution >= 4 is 28.6 Å². The van der Waals surface area contributed by atoms with Gasteiger partial charge in [-0.05, 0) is 36.6 Å². The maximum absolute atomic E-state index is 6.11. The van der Waals surface area contributed by atoms with Gasteiger partial charge in [0.2, 0.25) is 0 Å². The van der Waals surface area contributed by atoms with Crippen molar-refractivity contribution < 1.29 is 9.47 Å². The molecule has 1 atom stereocenters. The summed E-state index contributed by atoms with van der Waals surface area (Å²) in [7, 11) is 1.65. The number of aromatic amines is 1. The number of ether oxygens (including phenoxy) is 2. The Kier molecular flexibility index (Phi) is 5.91. The van der Waals surface area contributed by atoms with Crippen molar-refractivity contribution in [2.24, 2.45) is 0 Å². The zero-order valence-corrected chi connectivity index (χ0v) is 15.5. The number of nitrogens with one attached hydrogen (secondary N) is 2. The zero-order valence-electron chi connectivity index (χ0n) is 14.0. The molecule has 0 spiro atoms. The first-order chi connectivity index (χ1) is 12.2. The first-order valence-electron chi connectivity index (χ1n) is 7.80. The Bertz CT molecular complexity index is 807. The largest absolute Gasteiger partial charge is 0.486 e. The van der Waals surface area contributed by atoms with Crippen molar-refractivity contribution in [1.29, 1.82) is 0 Å². The summed E-state index contributed by atoms with van der Waals surface area (Å²) in [6.45, 7) is 2.94. The van der Waals surface area contributed by atoms with Crippen molar-refractivity contribution in [2.45, 2.75) is 19.6 Å². The zero-order chi connectivity index (χ0) is 17.6. The Morgan fingerprint density at radius 2 is 2.24 bits per heavy atom. The molecule has 3 rings (SSSR count). The van der Waals surface area contributed by atoms with Crippen molar-refractivity contribution in [3.05, 3.63) is 46.6 Å². The quantitative estimate of drug-likeness (QED) is 0.614. The van der Waals surface area contributed by atoms with Crippen LogP contribution in [-0.4, -0.2) is 35.0 Å². The van der Waals surface area contributed by atoms with Gasteiger partial charge in [0.1, 0.15) is 17.7 Å². The normalized spacial score (nSPS) is 12.1. The molecule has 25 heavy (non-hydrogen) atoms. The van der Waals surface area contributed by atoms with E-state index in [1.807, 2.05) is 36.6 Å². The number of halogens is 1. The summed E-state index contributed by atoms with van der Waals surface area (Å²) in [5, 5.41) is 13.1. The van der Waals surface area contributed by atoms with Gasteiger partial charge in [0.05, 0.1) is 23.7 Å². The van der Waals surface area contributed by atoms with Gasteiger partial charge in [0.25, 0.3) is 0 Å². The van der Waals surface area contributed by atoms with Gasteiger partial charge in [-0.15, -0.1) is 11.3 Å². The first-order valence-corrected chi connectivity index (χ1v) is 9.05. The van der Waals surface area contributed by atoms with Crippen molar-refractivity contribution in [3.63, 3.8) is 0 Å². The van der Waals surface area contributed by atoms with Crippen LogP contribution in [0.15, 0.2) is 35.7 Å². The smallest absolute Gasteiger partial charge is 0.191 e. The Hall–Kier alpha value is -2.09. The molecule has 132 valence electrons. The third-order valence-electron chi connectivity index (χ3n) is 3.39. The number of H-pyrrole nitrogens is 1. The van der Waals surface area contributed by atoms with E-state index in [1.165, 1.54) is 0 Å². The summed E-state index contributed by atoms with van der Waals surface area (Å²) in [5.41, 5.74) is 0.796. The number of hydrogen-bond acceptors (Lipinski definition) is 6. The van der Waals surface area contributed by atoms with Crippen molar-refractivity contribution in [1.82, 2.24) is 15.2 Å². The Labute approximate surface area is 155 Å². The van der Waals surface area contributed by atoms with E-state index >= 15 is 0 Å². The lowest BCUT2D eigenvalue weighted by molar-refractivity contribution is 0.0925. The number of aromatic nitrogens is 3. The number of anilines is 1. The molecular formula is C17H19ClN4O2S. The van der Waals surface area contributed by atoms with Crippen LogP contribution in [0.4, 0.5) is 5.69 Å². The Balaban J connectivity index is 1.69. The highest BCUT2D eigenvalue weighted by Gasteiger charge is 2.11. The number of hydrogen-bond donors (Lipinski definition) is 2. The predicted octanol–water partition coefficient (Wildman–Crippen LogP) is 4.21. The van der Waals surface area contributed by atoms with Gasteiger partial charge in [0.15, 0.2) is 5.82 Å². The van der Waals surface area contributed by atoms with Gasteiger partial charge >= 0.3 is 0 Å². The lowest BCUT2D eigenvalue weighted by Gasteiger charge is -2.17. The molecule has 1 aromatic carbocycles. The molecule has 0 aliphatic heterocycles. The Morgan fingerprint density at radius 3 is 3.00 bits per heavy atom. The molecule has 2 N–H and O–H groups in total. The minimum Gasteiger partial charge on any atom is -0.486 e. The minimum atomic E-state index is -0.0672. The molecule has 2 heterocycles. The van der Waals surface area contributed by atoms with Gasteiger partial charge < -0.3 is 14.8 Å². The molecule has 0 saturated carbocycles. The van der Waals surface area contributed by atoms with Crippen LogP contribution in [0.2, 0.25) is 5.02 Å². The van der Waals surface area contributed by atoms with Crippen LogP contribution in [0.3, 0.4) is 0 Å². The van der Waals surface area contributed by atoms with Gasteiger partial charge in [-0.2, -0.15) is 5.10 Å². The highest BCUT2D eigenvalue weighted by molar-refractivity contribution is 7.13. The fraction of sp³-hybridized carbons (Fsp3) is 0.294. The molecule has 6 nitrogen and oxygen atoms in total. The first kappa shape index (κ1) is 17.7. The topological polar surface area (TPSA) is 72.1 Å². The van der Waals surface area contributed by atoms with Gasteiger partial charge in [-0.25, -0.2) is 4.98 Å². The van der Waals surface area contributed by atoms with E-state index in [0.29, 0.717) is 29.7 Å². The molecule has 0 aliphatic carbocycles. The van der Waals surface area contributed by atoms with Crippen LogP contribution in [0.1, 0.15) is 12.7 Å². The molecule has 0 saturated heterocycles. The molecule has 2 aromatic heterocycles. The lowest BCUT2D eigenvalue weighted by Crippen LogP contribution is -2.18. The summed E-state index contributed by atoms with van der Waals surface area (Å²) in [4.78, 5) is 5.53. The van der Waals surface area contributed by atoms with Crippen molar-refractivity contribution in [3.8, 4) is 16.5 Å². The molecule has 0 fully saturated rings. The highest BCUT2D eigenvalue weighted by atomic mass is 35.5. The fourth-order valence-corrected chi connectivity index (χ4v) is 3.13. The maximum atomic E-state index is 6.11. The number of thiophene rings is 1. The van der Waals surface area contributed by atoms with Gasteiger partial charge in [-0.3, -0.25) is 5.10 Å². The predicted molar refractivity (Wildman–Crippen MR) is 100 cm³/mol. The van der Waals surface area contributed by atoms with E-state index in [4.69, 9.17) is 21.1 Å². The lowest BCUT2D eigenvalue weighted by atomic mass is 10.2. The second-order valence-electron chi connectivity index (χ2n) is 5.46. The van der Waals surface area contributed by atoms with Gasteiger partial charge in [0, 0.05) is 12.1 Å². The van der Waals surface area contributed by atoms with E-state index in [2.05, 4.69) is 20.5 Å². The van der Waals surface area contributed by atoms with Crippen LogP contribution >= 0.6 is 22.9 Å². The second-order valence-corrected chi connectivity index (χ2v) is 6.84. The third kappa shape index (κ3) is 4.72. The summed E-state index contributed by atoms with van der Waals surface area (Å²) in [6.07, 6.45) is -0.0672. The van der Waals surface area contributed by atoms with E-state index in [-0.39, 0.29) is 6.10 Å². The van der Waals surface area contributed by atoms with E-state index in [1.54, 1.807) is 24.5 Å². The molecule has 1 unspecified atom stereocenters. The van der Waals surface area contributed by atoms with Crippen LogP contribution in [0.5, 0.6) is 5.75 Å². The highest BCUT2D eigenvalue weighted by Crippen LogP contribution is 2.29. The second kappa shape index (κ2) is 8.33.